The smallest absolute Gasteiger partial charge is 0.408 e. The van der Waals surface area contributed by atoms with E-state index in [2.05, 4.69) is 5.32 Å². The molecule has 2 amide bonds. The first kappa shape index (κ1) is 17.8. The SMILES string of the molecule is CCN(CC(=O)NC(C)(C)C)C(=O)Cn1c(=O)oc2ccccc21. The molecule has 1 aromatic heterocycles. The van der Waals surface area contributed by atoms with Gasteiger partial charge in [0, 0.05) is 12.1 Å². The van der Waals surface area contributed by atoms with E-state index in [0.29, 0.717) is 17.6 Å². The number of oxazole rings is 1. The van der Waals surface area contributed by atoms with Gasteiger partial charge in [-0.05, 0) is 39.8 Å². The number of hydrogen-bond donors (Lipinski definition) is 1. The Bertz CT molecular complexity index is 798. The van der Waals surface area contributed by atoms with Crippen molar-refractivity contribution < 1.29 is 14.0 Å². The largest absolute Gasteiger partial charge is 0.420 e. The molecule has 0 aliphatic heterocycles. The van der Waals surface area contributed by atoms with Crippen LogP contribution in [0.3, 0.4) is 0 Å². The Hall–Kier alpha value is -2.57. The number of rotatable bonds is 5. The summed E-state index contributed by atoms with van der Waals surface area (Å²) in [6.07, 6.45) is 0. The molecule has 130 valence electrons. The number of likely N-dealkylation sites (N-methyl/N-ethyl adjacent to an activating group) is 1. The van der Waals surface area contributed by atoms with Gasteiger partial charge in [0.1, 0.15) is 6.54 Å². The van der Waals surface area contributed by atoms with Crippen molar-refractivity contribution in [3.05, 3.63) is 34.8 Å². The molecule has 2 rings (SSSR count). The fourth-order valence-corrected chi connectivity index (χ4v) is 2.41. The van der Waals surface area contributed by atoms with Crippen LogP contribution in [0.5, 0.6) is 0 Å². The molecule has 7 heteroatoms. The van der Waals surface area contributed by atoms with E-state index >= 15 is 0 Å². The number of hydrogen-bond acceptors (Lipinski definition) is 4. The average molecular weight is 333 g/mol. The lowest BCUT2D eigenvalue weighted by Gasteiger charge is -2.25. The normalized spacial score (nSPS) is 11.5. The number of para-hydroxylation sites is 2. The van der Waals surface area contributed by atoms with Crippen LogP contribution in [0.1, 0.15) is 27.7 Å². The predicted octanol–water partition coefficient (Wildman–Crippen LogP) is 1.36. The minimum atomic E-state index is -0.584. The summed E-state index contributed by atoms with van der Waals surface area (Å²) in [5, 5.41) is 2.82. The van der Waals surface area contributed by atoms with Gasteiger partial charge in [0.25, 0.3) is 0 Å². The summed E-state index contributed by atoms with van der Waals surface area (Å²) in [5.74, 6) is -1.13. The molecule has 0 fully saturated rings. The van der Waals surface area contributed by atoms with Crippen molar-refractivity contribution in [2.45, 2.75) is 39.8 Å². The maximum absolute atomic E-state index is 12.5. The van der Waals surface area contributed by atoms with E-state index < -0.39 is 5.76 Å². The molecule has 1 N–H and O–H groups in total. The third-order valence-electron chi connectivity index (χ3n) is 3.45. The zero-order chi connectivity index (χ0) is 17.9. The number of aromatic nitrogens is 1. The Morgan fingerprint density at radius 1 is 1.25 bits per heavy atom. The Morgan fingerprint density at radius 2 is 1.92 bits per heavy atom. The quantitative estimate of drug-likeness (QED) is 0.895. The Balaban J connectivity index is 2.13. The van der Waals surface area contributed by atoms with Gasteiger partial charge in [-0.1, -0.05) is 12.1 Å². The molecule has 0 unspecified atom stereocenters. The van der Waals surface area contributed by atoms with Gasteiger partial charge in [-0.15, -0.1) is 0 Å². The molecule has 0 saturated heterocycles. The summed E-state index contributed by atoms with van der Waals surface area (Å²) in [4.78, 5) is 37.9. The first-order valence-electron chi connectivity index (χ1n) is 7.88. The first-order chi connectivity index (χ1) is 11.2. The van der Waals surface area contributed by atoms with Gasteiger partial charge >= 0.3 is 5.76 Å². The molecule has 0 aliphatic rings. The van der Waals surface area contributed by atoms with Gasteiger partial charge in [0.15, 0.2) is 5.58 Å². The molecule has 0 atom stereocenters. The molecule has 0 bridgehead atoms. The third kappa shape index (κ3) is 4.24. The second-order valence-corrected chi connectivity index (χ2v) is 6.63. The minimum absolute atomic E-state index is 0.0445. The number of amides is 2. The summed E-state index contributed by atoms with van der Waals surface area (Å²) in [6, 6.07) is 6.92. The van der Waals surface area contributed by atoms with Crippen LogP contribution in [0.25, 0.3) is 11.1 Å². The second-order valence-electron chi connectivity index (χ2n) is 6.63. The fraction of sp³-hybridized carbons (Fsp3) is 0.471. The van der Waals surface area contributed by atoms with Gasteiger partial charge < -0.3 is 14.6 Å². The highest BCUT2D eigenvalue weighted by Crippen LogP contribution is 2.12. The van der Waals surface area contributed by atoms with E-state index in [-0.39, 0.29) is 30.4 Å². The lowest BCUT2D eigenvalue weighted by atomic mass is 10.1. The predicted molar refractivity (Wildman–Crippen MR) is 90.6 cm³/mol. The summed E-state index contributed by atoms with van der Waals surface area (Å²) in [7, 11) is 0. The number of nitrogens with one attached hydrogen (secondary N) is 1. The zero-order valence-electron chi connectivity index (χ0n) is 14.5. The van der Waals surface area contributed by atoms with E-state index in [4.69, 9.17) is 4.42 Å². The van der Waals surface area contributed by atoms with Crippen LogP contribution in [-0.2, 0) is 16.1 Å². The van der Waals surface area contributed by atoms with Gasteiger partial charge in [-0.2, -0.15) is 0 Å². The molecule has 7 nitrogen and oxygen atoms in total. The lowest BCUT2D eigenvalue weighted by Crippen LogP contribution is -2.48. The Morgan fingerprint density at radius 3 is 2.54 bits per heavy atom. The summed E-state index contributed by atoms with van der Waals surface area (Å²) in [5.41, 5.74) is 0.631. The average Bonchev–Trinajstić information content (AvgIpc) is 2.79. The van der Waals surface area contributed by atoms with Gasteiger partial charge in [-0.25, -0.2) is 4.79 Å². The maximum Gasteiger partial charge on any atom is 0.420 e. The van der Waals surface area contributed by atoms with Crippen LogP contribution in [0, 0.1) is 0 Å². The standard InChI is InChI=1S/C17H23N3O4/c1-5-19(10-14(21)18-17(2,3)4)15(22)11-20-12-8-6-7-9-13(12)24-16(20)23/h6-9H,5,10-11H2,1-4H3,(H,18,21). The molecular formula is C17H23N3O4. The zero-order valence-corrected chi connectivity index (χ0v) is 14.5. The van der Waals surface area contributed by atoms with Crippen molar-refractivity contribution in [1.82, 2.24) is 14.8 Å². The number of fused-ring (bicyclic) bond motifs is 1. The molecule has 0 spiro atoms. The summed E-state index contributed by atoms with van der Waals surface area (Å²) < 4.78 is 6.40. The minimum Gasteiger partial charge on any atom is -0.408 e. The third-order valence-corrected chi connectivity index (χ3v) is 3.45. The van der Waals surface area contributed by atoms with Crippen LogP contribution >= 0.6 is 0 Å². The van der Waals surface area contributed by atoms with Crippen molar-refractivity contribution in [3.8, 4) is 0 Å². The van der Waals surface area contributed by atoms with Crippen LogP contribution in [0.2, 0.25) is 0 Å². The van der Waals surface area contributed by atoms with Crippen LogP contribution in [0.4, 0.5) is 0 Å². The number of carbonyl (C=O) groups is 2. The molecule has 0 aliphatic carbocycles. The van der Waals surface area contributed by atoms with E-state index in [1.807, 2.05) is 20.8 Å². The van der Waals surface area contributed by atoms with Gasteiger partial charge in [0.2, 0.25) is 11.8 Å². The number of carbonyl (C=O) groups excluding carboxylic acids is 2. The summed E-state index contributed by atoms with van der Waals surface area (Å²) in [6.45, 7) is 7.59. The van der Waals surface area contributed by atoms with Crippen LogP contribution in [0.15, 0.2) is 33.5 Å². The van der Waals surface area contributed by atoms with E-state index in [9.17, 15) is 14.4 Å². The number of benzene rings is 1. The monoisotopic (exact) mass is 333 g/mol. The highest BCUT2D eigenvalue weighted by Gasteiger charge is 2.21. The molecule has 0 radical (unpaired) electrons. The molecule has 2 aromatic rings. The highest BCUT2D eigenvalue weighted by molar-refractivity contribution is 5.85. The molecule has 0 saturated carbocycles. The van der Waals surface area contributed by atoms with Crippen molar-refractivity contribution in [2.24, 2.45) is 0 Å². The van der Waals surface area contributed by atoms with E-state index in [0.717, 1.165) is 0 Å². The molecular weight excluding hydrogens is 310 g/mol. The van der Waals surface area contributed by atoms with Crippen molar-refractivity contribution >= 4 is 22.9 Å². The van der Waals surface area contributed by atoms with Gasteiger partial charge in [0.05, 0.1) is 12.1 Å². The Kier molecular flexibility index (Phi) is 5.11. The lowest BCUT2D eigenvalue weighted by molar-refractivity contribution is -0.136. The van der Waals surface area contributed by atoms with Crippen LogP contribution < -0.4 is 11.1 Å². The number of nitrogens with zero attached hydrogens (tertiary/aromatic N) is 2. The van der Waals surface area contributed by atoms with Crippen molar-refractivity contribution in [1.29, 1.82) is 0 Å². The highest BCUT2D eigenvalue weighted by atomic mass is 16.4. The first-order valence-corrected chi connectivity index (χ1v) is 7.88. The molecule has 24 heavy (non-hydrogen) atoms. The van der Waals surface area contributed by atoms with E-state index in [1.54, 1.807) is 31.2 Å². The maximum atomic E-state index is 12.5. The fourth-order valence-electron chi connectivity index (χ4n) is 2.41. The van der Waals surface area contributed by atoms with Crippen molar-refractivity contribution in [3.63, 3.8) is 0 Å². The molecule has 1 heterocycles. The topological polar surface area (TPSA) is 84.5 Å². The van der Waals surface area contributed by atoms with Gasteiger partial charge in [-0.3, -0.25) is 14.2 Å². The summed E-state index contributed by atoms with van der Waals surface area (Å²) >= 11 is 0. The Labute approximate surface area is 140 Å². The van der Waals surface area contributed by atoms with Crippen molar-refractivity contribution in [2.75, 3.05) is 13.1 Å². The van der Waals surface area contributed by atoms with Crippen LogP contribution in [-0.4, -0.2) is 39.9 Å². The second kappa shape index (κ2) is 6.90. The van der Waals surface area contributed by atoms with E-state index in [1.165, 1.54) is 9.47 Å². The molecule has 1 aromatic carbocycles.